The van der Waals surface area contributed by atoms with E-state index in [4.69, 9.17) is 27.9 Å². The van der Waals surface area contributed by atoms with Crippen LogP contribution in [0.3, 0.4) is 0 Å². The molecular weight excluding hydrogens is 465 g/mol. The maximum absolute atomic E-state index is 14.2. The lowest BCUT2D eigenvalue weighted by Crippen LogP contribution is -2.10. The number of rotatable bonds is 6. The van der Waals surface area contributed by atoms with Gasteiger partial charge in [-0.05, 0) is 55.0 Å². The van der Waals surface area contributed by atoms with Crippen molar-refractivity contribution >= 4 is 34.2 Å². The smallest absolute Gasteiger partial charge is 0.161 e. The van der Waals surface area contributed by atoms with Crippen molar-refractivity contribution in [3.8, 4) is 17.1 Å². The fourth-order valence-corrected chi connectivity index (χ4v) is 5.04. The van der Waals surface area contributed by atoms with Gasteiger partial charge in [-0.3, -0.25) is 0 Å². The van der Waals surface area contributed by atoms with Gasteiger partial charge >= 0.3 is 0 Å². The van der Waals surface area contributed by atoms with Gasteiger partial charge in [0.15, 0.2) is 11.6 Å². The number of fused-ring (bicyclic) bond motifs is 1. The van der Waals surface area contributed by atoms with Gasteiger partial charge in [0.25, 0.3) is 0 Å². The summed E-state index contributed by atoms with van der Waals surface area (Å²) in [7, 11) is 0. The molecule has 1 aliphatic rings. The van der Waals surface area contributed by atoms with Crippen LogP contribution in [-0.2, 0) is 6.54 Å². The molecule has 0 amide bonds. The molecule has 5 rings (SSSR count). The zero-order valence-corrected chi connectivity index (χ0v) is 19.3. The normalized spacial score (nSPS) is 18.2. The first kappa shape index (κ1) is 22.2. The minimum absolute atomic E-state index is 0.209. The molecule has 0 N–H and O–H groups in total. The van der Waals surface area contributed by atoms with E-state index >= 15 is 0 Å². The maximum atomic E-state index is 14.2. The van der Waals surface area contributed by atoms with E-state index in [9.17, 15) is 8.78 Å². The van der Waals surface area contributed by atoms with Gasteiger partial charge in [-0.2, -0.15) is 0 Å². The van der Waals surface area contributed by atoms with E-state index in [-0.39, 0.29) is 5.38 Å². The largest absolute Gasteiger partial charge is 0.493 e. The van der Waals surface area contributed by atoms with Gasteiger partial charge in [-0.15, -0.1) is 11.6 Å². The molecule has 4 aromatic rings. The average molecular weight is 487 g/mol. The molecule has 1 fully saturated rings. The second-order valence-electron chi connectivity index (χ2n) is 8.49. The standard InChI is InChI=1S/C26H22Cl2F2N2O/c27-18-5-3-4-16(10-18)14-32-24-13-22(30)21(29)12-23(24)31-26(32)20-6-1-2-7-25(20)33-15-17-8-9-19(28)11-17/h1-7,10,12-13,17,19H,8-9,11,14-15H2. The van der Waals surface area contributed by atoms with Gasteiger partial charge < -0.3 is 9.30 Å². The second kappa shape index (κ2) is 9.32. The van der Waals surface area contributed by atoms with E-state index in [0.717, 1.165) is 36.5 Å². The quantitative estimate of drug-likeness (QED) is 0.264. The van der Waals surface area contributed by atoms with E-state index < -0.39 is 11.6 Å². The molecule has 2 atom stereocenters. The number of nitrogens with zero attached hydrogens (tertiary/aromatic N) is 2. The van der Waals surface area contributed by atoms with Crippen LogP contribution in [0.25, 0.3) is 22.4 Å². The van der Waals surface area contributed by atoms with Crippen molar-refractivity contribution in [1.29, 1.82) is 0 Å². The first-order chi connectivity index (χ1) is 16.0. The number of benzene rings is 3. The fraction of sp³-hybridized carbons (Fsp3) is 0.269. The Labute approximate surface area is 200 Å². The van der Waals surface area contributed by atoms with Gasteiger partial charge in [-0.25, -0.2) is 13.8 Å². The van der Waals surface area contributed by atoms with E-state index in [0.29, 0.717) is 46.7 Å². The van der Waals surface area contributed by atoms with E-state index in [1.54, 1.807) is 6.07 Å². The summed E-state index contributed by atoms with van der Waals surface area (Å²) in [6.07, 6.45) is 2.99. The predicted molar refractivity (Wildman–Crippen MR) is 128 cm³/mol. The Morgan fingerprint density at radius 3 is 2.61 bits per heavy atom. The van der Waals surface area contributed by atoms with Crippen LogP contribution in [0, 0.1) is 17.6 Å². The lowest BCUT2D eigenvalue weighted by atomic mass is 10.1. The second-order valence-corrected chi connectivity index (χ2v) is 9.54. The average Bonchev–Trinajstić information content (AvgIpc) is 3.36. The van der Waals surface area contributed by atoms with Crippen molar-refractivity contribution in [3.05, 3.63) is 82.9 Å². The number of para-hydroxylation sites is 1. The molecule has 7 heteroatoms. The summed E-state index contributed by atoms with van der Waals surface area (Å²) in [5.41, 5.74) is 2.56. The Morgan fingerprint density at radius 1 is 1.00 bits per heavy atom. The summed E-state index contributed by atoms with van der Waals surface area (Å²) in [6, 6.07) is 17.4. The predicted octanol–water partition coefficient (Wildman–Crippen LogP) is 7.47. The Bertz CT molecular complexity index is 1310. The van der Waals surface area contributed by atoms with Crippen molar-refractivity contribution < 1.29 is 13.5 Å². The first-order valence-corrected chi connectivity index (χ1v) is 11.8. The number of hydrogen-bond donors (Lipinski definition) is 0. The number of hydrogen-bond acceptors (Lipinski definition) is 2. The highest BCUT2D eigenvalue weighted by Crippen LogP contribution is 2.35. The van der Waals surface area contributed by atoms with Crippen LogP contribution < -0.4 is 4.74 Å². The van der Waals surface area contributed by atoms with Crippen molar-refractivity contribution in [3.63, 3.8) is 0 Å². The fourth-order valence-electron chi connectivity index (χ4n) is 4.45. The monoisotopic (exact) mass is 486 g/mol. The Kier molecular flexibility index (Phi) is 6.26. The Morgan fingerprint density at radius 2 is 1.82 bits per heavy atom. The van der Waals surface area contributed by atoms with E-state index in [2.05, 4.69) is 4.98 Å². The third-order valence-corrected chi connectivity index (χ3v) is 6.73. The van der Waals surface area contributed by atoms with Crippen LogP contribution in [0.4, 0.5) is 8.78 Å². The molecule has 1 saturated carbocycles. The summed E-state index contributed by atoms with van der Waals surface area (Å²) < 4.78 is 36.3. The molecule has 1 aliphatic carbocycles. The van der Waals surface area contributed by atoms with Gasteiger partial charge in [0.2, 0.25) is 0 Å². The summed E-state index contributed by atoms with van der Waals surface area (Å²) >= 11 is 12.4. The highest BCUT2D eigenvalue weighted by molar-refractivity contribution is 6.30. The summed E-state index contributed by atoms with van der Waals surface area (Å²) in [6.45, 7) is 0.959. The number of aromatic nitrogens is 2. The van der Waals surface area contributed by atoms with Crippen LogP contribution in [-0.4, -0.2) is 21.5 Å². The van der Waals surface area contributed by atoms with Crippen LogP contribution in [0.5, 0.6) is 5.75 Å². The number of ether oxygens (including phenoxy) is 1. The lowest BCUT2D eigenvalue weighted by molar-refractivity contribution is 0.253. The topological polar surface area (TPSA) is 27.1 Å². The summed E-state index contributed by atoms with van der Waals surface area (Å²) in [4.78, 5) is 4.68. The van der Waals surface area contributed by atoms with Crippen LogP contribution >= 0.6 is 23.2 Å². The third kappa shape index (κ3) is 4.71. The molecule has 1 heterocycles. The van der Waals surface area contributed by atoms with Gasteiger partial charge in [0.1, 0.15) is 11.6 Å². The lowest BCUT2D eigenvalue weighted by Gasteiger charge is -2.16. The molecule has 0 spiro atoms. The number of alkyl halides is 1. The highest BCUT2D eigenvalue weighted by atomic mass is 35.5. The molecule has 3 aromatic carbocycles. The molecule has 1 aromatic heterocycles. The van der Waals surface area contributed by atoms with Gasteiger partial charge in [0, 0.05) is 29.1 Å². The molecular formula is C26H22Cl2F2N2O. The minimum atomic E-state index is -0.928. The molecule has 3 nitrogen and oxygen atoms in total. The Balaban J connectivity index is 1.57. The van der Waals surface area contributed by atoms with Gasteiger partial charge in [-0.1, -0.05) is 35.9 Å². The van der Waals surface area contributed by atoms with E-state index in [1.165, 1.54) is 6.07 Å². The van der Waals surface area contributed by atoms with E-state index in [1.807, 2.05) is 47.0 Å². The molecule has 0 aliphatic heterocycles. The van der Waals surface area contributed by atoms with Crippen LogP contribution in [0.2, 0.25) is 5.02 Å². The van der Waals surface area contributed by atoms with Gasteiger partial charge in [0.05, 0.1) is 23.2 Å². The minimum Gasteiger partial charge on any atom is -0.493 e. The molecule has 170 valence electrons. The number of halogens is 4. The van der Waals surface area contributed by atoms with Crippen molar-refractivity contribution in [2.45, 2.75) is 31.2 Å². The van der Waals surface area contributed by atoms with Crippen molar-refractivity contribution in [1.82, 2.24) is 9.55 Å². The maximum Gasteiger partial charge on any atom is 0.161 e. The molecule has 0 bridgehead atoms. The summed E-state index contributed by atoms with van der Waals surface area (Å²) in [5, 5.41) is 0.814. The molecule has 0 saturated heterocycles. The van der Waals surface area contributed by atoms with Crippen LogP contribution in [0.15, 0.2) is 60.7 Å². The molecule has 0 radical (unpaired) electrons. The van der Waals surface area contributed by atoms with Crippen molar-refractivity contribution in [2.24, 2.45) is 5.92 Å². The van der Waals surface area contributed by atoms with Crippen molar-refractivity contribution in [2.75, 3.05) is 6.61 Å². The SMILES string of the molecule is Fc1cc2nc(-c3ccccc3OCC3CCC(Cl)C3)n(Cc3cccc(Cl)c3)c2cc1F. The highest BCUT2D eigenvalue weighted by Gasteiger charge is 2.24. The Hall–Kier alpha value is -2.63. The molecule has 2 unspecified atom stereocenters. The zero-order valence-electron chi connectivity index (χ0n) is 17.8. The molecule has 33 heavy (non-hydrogen) atoms. The third-order valence-electron chi connectivity index (χ3n) is 6.10. The first-order valence-electron chi connectivity index (χ1n) is 10.9. The zero-order chi connectivity index (χ0) is 22.9. The number of imidazole rings is 1. The summed E-state index contributed by atoms with van der Waals surface area (Å²) in [5.74, 6) is -0.175. The van der Waals surface area contributed by atoms with Crippen LogP contribution in [0.1, 0.15) is 24.8 Å².